The lowest BCUT2D eigenvalue weighted by molar-refractivity contribution is -0.384. The Hall–Kier alpha value is -3.01. The van der Waals surface area contributed by atoms with Crippen molar-refractivity contribution in [2.24, 2.45) is 0 Å². The molecule has 28 heavy (non-hydrogen) atoms. The van der Waals surface area contributed by atoms with E-state index in [0.717, 1.165) is 5.56 Å². The number of rotatable bonds is 11. The van der Waals surface area contributed by atoms with Crippen molar-refractivity contribution in [2.45, 2.75) is 6.54 Å². The second-order valence-corrected chi connectivity index (χ2v) is 6.02. The van der Waals surface area contributed by atoms with Gasteiger partial charge in [-0.15, -0.1) is 0 Å². The summed E-state index contributed by atoms with van der Waals surface area (Å²) < 4.78 is 5.50. The van der Waals surface area contributed by atoms with Crippen molar-refractivity contribution in [3.63, 3.8) is 0 Å². The van der Waals surface area contributed by atoms with Gasteiger partial charge in [-0.2, -0.15) is 0 Å². The fraction of sp³-hybridized carbons (Fsp3) is 0.316. The standard InChI is InChI=1S/C19H23N3O6/c23-9-7-21(8-10-24)13-15-3-1-6-18(11-15)28-14-19(25)20-16-4-2-5-17(12-16)22(26)27/h1-6,11-12,23-24H,7-10,13-14H2,(H,20,25). The molecule has 0 fully saturated rings. The summed E-state index contributed by atoms with van der Waals surface area (Å²) in [4.78, 5) is 24.2. The molecular formula is C19H23N3O6. The third-order valence-electron chi connectivity index (χ3n) is 3.85. The molecule has 0 bridgehead atoms. The normalized spacial score (nSPS) is 10.7. The van der Waals surface area contributed by atoms with Gasteiger partial charge in [-0.1, -0.05) is 18.2 Å². The van der Waals surface area contributed by atoms with Gasteiger partial charge in [0, 0.05) is 37.5 Å². The Morgan fingerprint density at radius 2 is 1.82 bits per heavy atom. The minimum absolute atomic E-state index is 0.00594. The SMILES string of the molecule is O=C(COc1cccc(CN(CCO)CCO)c1)Nc1cccc([N+](=O)[O-])c1. The molecule has 1 amide bonds. The molecule has 9 heteroatoms. The second kappa shape index (κ2) is 11.0. The third-order valence-corrected chi connectivity index (χ3v) is 3.85. The topological polar surface area (TPSA) is 125 Å². The van der Waals surface area contributed by atoms with Gasteiger partial charge in [0.25, 0.3) is 11.6 Å². The lowest BCUT2D eigenvalue weighted by atomic mass is 10.2. The molecule has 0 saturated heterocycles. The highest BCUT2D eigenvalue weighted by atomic mass is 16.6. The van der Waals surface area contributed by atoms with Crippen LogP contribution in [0.4, 0.5) is 11.4 Å². The van der Waals surface area contributed by atoms with Gasteiger partial charge in [-0.05, 0) is 23.8 Å². The average Bonchev–Trinajstić information content (AvgIpc) is 2.67. The van der Waals surface area contributed by atoms with E-state index in [0.29, 0.717) is 31.1 Å². The van der Waals surface area contributed by atoms with Crippen molar-refractivity contribution < 1.29 is 24.7 Å². The number of hydrogen-bond acceptors (Lipinski definition) is 7. The van der Waals surface area contributed by atoms with E-state index in [9.17, 15) is 14.9 Å². The number of hydrogen-bond donors (Lipinski definition) is 3. The number of ether oxygens (including phenoxy) is 1. The molecule has 0 aromatic heterocycles. The van der Waals surface area contributed by atoms with Crippen LogP contribution >= 0.6 is 0 Å². The Kier molecular flexibility index (Phi) is 8.35. The first-order valence-corrected chi connectivity index (χ1v) is 8.72. The number of nitrogens with one attached hydrogen (secondary N) is 1. The highest BCUT2D eigenvalue weighted by molar-refractivity contribution is 5.92. The highest BCUT2D eigenvalue weighted by Crippen LogP contribution is 2.18. The lowest BCUT2D eigenvalue weighted by Gasteiger charge is -2.20. The molecule has 0 aliphatic heterocycles. The molecule has 3 N–H and O–H groups in total. The molecule has 0 radical (unpaired) electrons. The number of anilines is 1. The van der Waals surface area contributed by atoms with Crippen molar-refractivity contribution >= 4 is 17.3 Å². The number of nitro benzene ring substituents is 1. The van der Waals surface area contributed by atoms with Gasteiger partial charge in [-0.3, -0.25) is 19.8 Å². The third kappa shape index (κ3) is 6.95. The van der Waals surface area contributed by atoms with E-state index >= 15 is 0 Å². The van der Waals surface area contributed by atoms with E-state index in [2.05, 4.69) is 5.32 Å². The van der Waals surface area contributed by atoms with Gasteiger partial charge in [0.1, 0.15) is 5.75 Å². The minimum Gasteiger partial charge on any atom is -0.484 e. The number of aliphatic hydroxyl groups is 2. The zero-order chi connectivity index (χ0) is 20.4. The van der Waals surface area contributed by atoms with Gasteiger partial charge in [0.15, 0.2) is 6.61 Å². The first kappa shape index (κ1) is 21.3. The van der Waals surface area contributed by atoms with Crippen LogP contribution in [0.1, 0.15) is 5.56 Å². The molecule has 9 nitrogen and oxygen atoms in total. The predicted molar refractivity (Wildman–Crippen MR) is 103 cm³/mol. The Labute approximate surface area is 162 Å². The number of carbonyl (C=O) groups excluding carboxylic acids is 1. The molecule has 150 valence electrons. The average molecular weight is 389 g/mol. The molecule has 2 rings (SSSR count). The molecular weight excluding hydrogens is 366 g/mol. The monoisotopic (exact) mass is 389 g/mol. The van der Waals surface area contributed by atoms with Crippen LogP contribution in [0.15, 0.2) is 48.5 Å². The van der Waals surface area contributed by atoms with E-state index in [4.69, 9.17) is 14.9 Å². The molecule has 0 spiro atoms. The van der Waals surface area contributed by atoms with Crippen LogP contribution in [-0.4, -0.2) is 58.9 Å². The fourth-order valence-corrected chi connectivity index (χ4v) is 2.59. The zero-order valence-corrected chi connectivity index (χ0v) is 15.3. The number of aliphatic hydroxyl groups excluding tert-OH is 2. The largest absolute Gasteiger partial charge is 0.484 e. The smallest absolute Gasteiger partial charge is 0.271 e. The van der Waals surface area contributed by atoms with E-state index in [1.165, 1.54) is 18.2 Å². The van der Waals surface area contributed by atoms with E-state index in [1.54, 1.807) is 24.3 Å². The Morgan fingerprint density at radius 1 is 1.11 bits per heavy atom. The van der Waals surface area contributed by atoms with E-state index in [-0.39, 0.29) is 25.5 Å². The molecule has 2 aromatic rings. The summed E-state index contributed by atoms with van der Waals surface area (Å²) in [5.41, 5.74) is 1.13. The quantitative estimate of drug-likeness (QED) is 0.392. The van der Waals surface area contributed by atoms with E-state index < -0.39 is 10.8 Å². The first-order valence-electron chi connectivity index (χ1n) is 8.72. The first-order chi connectivity index (χ1) is 13.5. The molecule has 0 aliphatic rings. The number of nitrogens with zero attached hydrogens (tertiary/aromatic N) is 2. The maximum absolute atomic E-state index is 12.0. The fourth-order valence-electron chi connectivity index (χ4n) is 2.59. The van der Waals surface area contributed by atoms with Crippen LogP contribution in [0, 0.1) is 10.1 Å². The van der Waals surface area contributed by atoms with Crippen LogP contribution in [0.2, 0.25) is 0 Å². The summed E-state index contributed by atoms with van der Waals surface area (Å²) in [6.07, 6.45) is 0. The summed E-state index contributed by atoms with van der Waals surface area (Å²) in [6.45, 7) is 1.15. The number of amides is 1. The number of carbonyl (C=O) groups is 1. The summed E-state index contributed by atoms with van der Waals surface area (Å²) in [5.74, 6) is 0.0627. The maximum atomic E-state index is 12.0. The Morgan fingerprint density at radius 3 is 2.50 bits per heavy atom. The van der Waals surface area contributed by atoms with Crippen LogP contribution in [0.25, 0.3) is 0 Å². The van der Waals surface area contributed by atoms with Crippen LogP contribution < -0.4 is 10.1 Å². The second-order valence-electron chi connectivity index (χ2n) is 6.02. The minimum atomic E-state index is -0.533. The molecule has 2 aromatic carbocycles. The van der Waals surface area contributed by atoms with Gasteiger partial charge in [0.2, 0.25) is 0 Å². The van der Waals surface area contributed by atoms with Crippen LogP contribution in [0.5, 0.6) is 5.75 Å². The van der Waals surface area contributed by atoms with Gasteiger partial charge in [0.05, 0.1) is 18.1 Å². The van der Waals surface area contributed by atoms with Crippen LogP contribution in [0.3, 0.4) is 0 Å². The zero-order valence-electron chi connectivity index (χ0n) is 15.3. The summed E-state index contributed by atoms with van der Waals surface area (Å²) >= 11 is 0. The van der Waals surface area contributed by atoms with Crippen molar-refractivity contribution in [2.75, 3.05) is 38.2 Å². The molecule has 0 aliphatic carbocycles. The number of benzene rings is 2. The van der Waals surface area contributed by atoms with Crippen molar-refractivity contribution in [1.82, 2.24) is 4.90 Å². The van der Waals surface area contributed by atoms with Crippen molar-refractivity contribution in [1.29, 1.82) is 0 Å². The number of non-ortho nitro benzene ring substituents is 1. The summed E-state index contributed by atoms with van der Waals surface area (Å²) in [5, 5.41) is 31.5. The van der Waals surface area contributed by atoms with Crippen molar-refractivity contribution in [3.8, 4) is 5.75 Å². The molecule has 0 saturated carbocycles. The van der Waals surface area contributed by atoms with Gasteiger partial charge < -0.3 is 20.3 Å². The Balaban J connectivity index is 1.90. The lowest BCUT2D eigenvalue weighted by Crippen LogP contribution is -2.29. The Bertz CT molecular complexity index is 793. The van der Waals surface area contributed by atoms with Gasteiger partial charge >= 0.3 is 0 Å². The molecule has 0 unspecified atom stereocenters. The van der Waals surface area contributed by atoms with Crippen LogP contribution in [-0.2, 0) is 11.3 Å². The number of nitro groups is 1. The van der Waals surface area contributed by atoms with E-state index in [1.807, 2.05) is 11.0 Å². The summed E-state index contributed by atoms with van der Waals surface area (Å²) in [6, 6.07) is 12.8. The molecule has 0 heterocycles. The predicted octanol–water partition coefficient (Wildman–Crippen LogP) is 1.40. The highest BCUT2D eigenvalue weighted by Gasteiger charge is 2.10. The van der Waals surface area contributed by atoms with Crippen molar-refractivity contribution in [3.05, 3.63) is 64.2 Å². The van der Waals surface area contributed by atoms with Gasteiger partial charge in [-0.25, -0.2) is 0 Å². The summed E-state index contributed by atoms with van der Waals surface area (Å²) in [7, 11) is 0. The molecule has 0 atom stereocenters. The maximum Gasteiger partial charge on any atom is 0.271 e.